The number of thioether (sulfide) groups is 1. The van der Waals surface area contributed by atoms with E-state index < -0.39 is 0 Å². The summed E-state index contributed by atoms with van der Waals surface area (Å²) in [6.07, 6.45) is 4.96. The Morgan fingerprint density at radius 3 is 2.66 bits per heavy atom. The molecule has 1 fully saturated rings. The van der Waals surface area contributed by atoms with Crippen molar-refractivity contribution in [2.75, 3.05) is 29.1 Å². The number of nitrogens with zero attached hydrogens (tertiary/aromatic N) is 5. The molecule has 4 rings (SSSR count). The highest BCUT2D eigenvalue weighted by Gasteiger charge is 2.16. The number of amides is 1. The Hall–Kier alpha value is -2.61. The molecule has 0 spiro atoms. The van der Waals surface area contributed by atoms with Crippen LogP contribution in [-0.4, -0.2) is 44.3 Å². The van der Waals surface area contributed by atoms with Crippen molar-refractivity contribution in [3.63, 3.8) is 0 Å². The first kappa shape index (κ1) is 19.7. The van der Waals surface area contributed by atoms with E-state index >= 15 is 0 Å². The second kappa shape index (κ2) is 8.82. The molecule has 1 aliphatic rings. The summed E-state index contributed by atoms with van der Waals surface area (Å²) in [5, 5.41) is 12.1. The Labute approximate surface area is 174 Å². The molecule has 0 bridgehead atoms. The lowest BCUT2D eigenvalue weighted by Crippen LogP contribution is -2.26. The Morgan fingerprint density at radius 2 is 1.86 bits per heavy atom. The van der Waals surface area contributed by atoms with E-state index in [1.165, 1.54) is 37.4 Å². The Balaban J connectivity index is 1.44. The number of rotatable bonds is 5. The normalized spacial score (nSPS) is 14.8. The van der Waals surface area contributed by atoms with E-state index in [9.17, 15) is 4.79 Å². The molecule has 3 aromatic rings. The maximum atomic E-state index is 12.7. The fourth-order valence-electron chi connectivity index (χ4n) is 3.78. The lowest BCUT2D eigenvalue weighted by Gasteiger charge is -2.25. The van der Waals surface area contributed by atoms with E-state index in [0.717, 1.165) is 35.9 Å². The van der Waals surface area contributed by atoms with Gasteiger partial charge in [-0.2, -0.15) is 0 Å². The summed E-state index contributed by atoms with van der Waals surface area (Å²) in [6.45, 7) is 6.01. The van der Waals surface area contributed by atoms with E-state index in [1.54, 1.807) is 0 Å². The van der Waals surface area contributed by atoms with Gasteiger partial charge in [-0.05, 0) is 44.9 Å². The Kier molecular flexibility index (Phi) is 5.99. The summed E-state index contributed by atoms with van der Waals surface area (Å²) in [7, 11) is 0. The monoisotopic (exact) mass is 410 g/mol. The van der Waals surface area contributed by atoms with Gasteiger partial charge in [-0.3, -0.25) is 9.20 Å². The van der Waals surface area contributed by atoms with Crippen LogP contribution in [0.2, 0.25) is 0 Å². The van der Waals surface area contributed by atoms with Gasteiger partial charge in [-0.25, -0.2) is 4.98 Å². The number of carbonyl (C=O) groups excluding carboxylic acids is 1. The zero-order chi connectivity index (χ0) is 20.2. The Morgan fingerprint density at radius 1 is 1.10 bits per heavy atom. The molecule has 8 heteroatoms. The van der Waals surface area contributed by atoms with E-state index in [2.05, 4.69) is 31.5 Å². The number of carbonyl (C=O) groups is 1. The van der Waals surface area contributed by atoms with E-state index in [4.69, 9.17) is 0 Å². The number of para-hydroxylation sites is 2. The van der Waals surface area contributed by atoms with Crippen molar-refractivity contribution in [2.45, 2.75) is 44.7 Å². The van der Waals surface area contributed by atoms with Crippen molar-refractivity contribution in [1.82, 2.24) is 19.6 Å². The van der Waals surface area contributed by atoms with Gasteiger partial charge in [0, 0.05) is 24.5 Å². The molecule has 3 heterocycles. The predicted octanol–water partition coefficient (Wildman–Crippen LogP) is 3.85. The molecule has 0 atom stereocenters. The molecule has 1 N–H and O–H groups in total. The molecule has 1 saturated heterocycles. The zero-order valence-corrected chi connectivity index (χ0v) is 17.7. The fourth-order valence-corrected chi connectivity index (χ4v) is 4.56. The van der Waals surface area contributed by atoms with Gasteiger partial charge in [0.2, 0.25) is 5.91 Å². The molecule has 1 amide bonds. The number of aryl methyl sites for hydroxylation is 2. The zero-order valence-electron chi connectivity index (χ0n) is 16.9. The summed E-state index contributed by atoms with van der Waals surface area (Å²) >= 11 is 1.37. The maximum absolute atomic E-state index is 12.7. The molecule has 7 nitrogen and oxygen atoms in total. The summed E-state index contributed by atoms with van der Waals surface area (Å²) < 4.78 is 1.89. The number of anilines is 2. The van der Waals surface area contributed by atoms with Crippen molar-refractivity contribution in [3.8, 4) is 0 Å². The molecular formula is C21H26N6OS. The quantitative estimate of drug-likeness (QED) is 0.644. The molecule has 2 aromatic heterocycles. The second-order valence-electron chi connectivity index (χ2n) is 7.41. The van der Waals surface area contributed by atoms with Gasteiger partial charge < -0.3 is 10.2 Å². The van der Waals surface area contributed by atoms with Crippen LogP contribution >= 0.6 is 11.8 Å². The van der Waals surface area contributed by atoms with Gasteiger partial charge in [0.05, 0.1) is 17.1 Å². The minimum Gasteiger partial charge on any atom is -0.370 e. The van der Waals surface area contributed by atoms with Gasteiger partial charge in [0.25, 0.3) is 5.78 Å². The van der Waals surface area contributed by atoms with Gasteiger partial charge >= 0.3 is 0 Å². The first-order chi connectivity index (χ1) is 14.1. The molecule has 1 aromatic carbocycles. The third kappa shape index (κ3) is 4.53. The highest BCUT2D eigenvalue weighted by Crippen LogP contribution is 2.28. The molecule has 0 aliphatic carbocycles. The van der Waals surface area contributed by atoms with E-state index in [0.29, 0.717) is 10.9 Å². The molecule has 0 radical (unpaired) electrons. The lowest BCUT2D eigenvalue weighted by molar-refractivity contribution is -0.113. The number of benzene rings is 1. The molecule has 29 heavy (non-hydrogen) atoms. The van der Waals surface area contributed by atoms with E-state index in [-0.39, 0.29) is 11.7 Å². The summed E-state index contributed by atoms with van der Waals surface area (Å²) in [5.41, 5.74) is 3.89. The van der Waals surface area contributed by atoms with Gasteiger partial charge in [-0.15, -0.1) is 10.2 Å². The van der Waals surface area contributed by atoms with Crippen LogP contribution in [0.3, 0.4) is 0 Å². The summed E-state index contributed by atoms with van der Waals surface area (Å²) in [4.78, 5) is 19.4. The number of nitrogens with one attached hydrogen (secondary N) is 1. The molecule has 0 unspecified atom stereocenters. The second-order valence-corrected chi connectivity index (χ2v) is 8.35. The number of fused-ring (bicyclic) bond motifs is 1. The molecule has 1 aliphatic heterocycles. The van der Waals surface area contributed by atoms with Crippen molar-refractivity contribution in [3.05, 3.63) is 41.7 Å². The minimum absolute atomic E-state index is 0.0493. The average Bonchev–Trinajstić information content (AvgIpc) is 2.92. The average molecular weight is 411 g/mol. The SMILES string of the molecule is Cc1cc(C)n2c(SCC(=O)Nc3ccccc3N3CCCCCC3)nnc2n1. The number of hydrogen-bond acceptors (Lipinski definition) is 6. The van der Waals surface area contributed by atoms with Crippen LogP contribution in [0.4, 0.5) is 11.4 Å². The number of aromatic nitrogens is 4. The predicted molar refractivity (Wildman–Crippen MR) is 117 cm³/mol. The van der Waals surface area contributed by atoms with Crippen molar-refractivity contribution >= 4 is 34.8 Å². The third-order valence-corrected chi connectivity index (χ3v) is 6.05. The highest BCUT2D eigenvalue weighted by molar-refractivity contribution is 7.99. The van der Waals surface area contributed by atoms with Crippen LogP contribution in [0.25, 0.3) is 5.78 Å². The van der Waals surface area contributed by atoms with Crippen LogP contribution in [0.1, 0.15) is 37.1 Å². The highest BCUT2D eigenvalue weighted by atomic mass is 32.2. The smallest absolute Gasteiger partial charge is 0.256 e. The van der Waals surface area contributed by atoms with Gasteiger partial charge in [0.15, 0.2) is 5.16 Å². The maximum Gasteiger partial charge on any atom is 0.256 e. The summed E-state index contributed by atoms with van der Waals surface area (Å²) in [6, 6.07) is 10.1. The minimum atomic E-state index is -0.0493. The topological polar surface area (TPSA) is 75.4 Å². The van der Waals surface area contributed by atoms with Crippen LogP contribution in [0.15, 0.2) is 35.5 Å². The first-order valence-corrected chi connectivity index (χ1v) is 11.1. The third-order valence-electron chi connectivity index (χ3n) is 5.12. The largest absolute Gasteiger partial charge is 0.370 e. The molecule has 152 valence electrons. The van der Waals surface area contributed by atoms with Gasteiger partial charge in [-0.1, -0.05) is 36.7 Å². The first-order valence-electron chi connectivity index (χ1n) is 10.1. The summed E-state index contributed by atoms with van der Waals surface area (Å²) in [5.74, 6) is 0.784. The van der Waals surface area contributed by atoms with Crippen LogP contribution in [0.5, 0.6) is 0 Å². The van der Waals surface area contributed by atoms with Crippen LogP contribution in [0, 0.1) is 13.8 Å². The Bertz CT molecular complexity index is 1010. The fraction of sp³-hybridized carbons (Fsp3) is 0.429. The van der Waals surface area contributed by atoms with Gasteiger partial charge in [0.1, 0.15) is 0 Å². The van der Waals surface area contributed by atoms with Crippen molar-refractivity contribution in [2.24, 2.45) is 0 Å². The number of hydrogen-bond donors (Lipinski definition) is 1. The van der Waals surface area contributed by atoms with Crippen molar-refractivity contribution in [1.29, 1.82) is 0 Å². The molecule has 0 saturated carbocycles. The van der Waals surface area contributed by atoms with Crippen LogP contribution < -0.4 is 10.2 Å². The lowest BCUT2D eigenvalue weighted by atomic mass is 10.2. The standard InChI is InChI=1S/C21H26N6OS/c1-15-13-16(2)27-20(22-15)24-25-21(27)29-14-19(28)23-17-9-5-6-10-18(17)26-11-7-3-4-8-12-26/h5-6,9-10,13H,3-4,7-8,11-12,14H2,1-2H3,(H,23,28). The molecular weight excluding hydrogens is 384 g/mol. The van der Waals surface area contributed by atoms with Crippen LogP contribution in [-0.2, 0) is 4.79 Å². The van der Waals surface area contributed by atoms with Crippen molar-refractivity contribution < 1.29 is 4.79 Å². The van der Waals surface area contributed by atoms with E-state index in [1.807, 2.05) is 42.5 Å².